The number of hydrogen-bond donors (Lipinski definition) is 1. The van der Waals surface area contributed by atoms with Gasteiger partial charge in [0.15, 0.2) is 0 Å². The van der Waals surface area contributed by atoms with Crippen LogP contribution < -0.4 is 5.32 Å². The Morgan fingerprint density at radius 2 is 2.19 bits per heavy atom. The van der Waals surface area contributed by atoms with Crippen molar-refractivity contribution >= 4 is 34.4 Å². The van der Waals surface area contributed by atoms with Crippen LogP contribution in [0.25, 0.3) is 5.70 Å². The Morgan fingerprint density at radius 3 is 2.70 bits per heavy atom. The molecule has 1 saturated carbocycles. The van der Waals surface area contributed by atoms with Crippen molar-refractivity contribution in [2.75, 3.05) is 13.1 Å². The number of ether oxygens (including phenoxy) is 1. The number of rotatable bonds is 7. The number of aliphatic imine (C=N–C) groups is 1. The van der Waals surface area contributed by atoms with E-state index in [1.165, 1.54) is 12.3 Å². The Morgan fingerprint density at radius 1 is 1.52 bits per heavy atom. The van der Waals surface area contributed by atoms with Crippen LogP contribution in [0.15, 0.2) is 33.9 Å². The SMILES string of the molecule is C=N/C=C(\NCCN(C(=O)OC(C)(C)C)C1CC1C)c1ccc(Br)cc1F. The Kier molecular flexibility index (Phi) is 7.03. The number of amides is 1. The number of nitrogens with one attached hydrogen (secondary N) is 1. The zero-order valence-corrected chi connectivity index (χ0v) is 17.8. The number of carbonyl (C=O) groups is 1. The first-order valence-electron chi connectivity index (χ1n) is 8.97. The lowest BCUT2D eigenvalue weighted by Crippen LogP contribution is -2.42. The smallest absolute Gasteiger partial charge is 0.410 e. The van der Waals surface area contributed by atoms with Crippen LogP contribution in [0, 0.1) is 11.7 Å². The van der Waals surface area contributed by atoms with Crippen molar-refractivity contribution in [1.82, 2.24) is 10.2 Å². The molecule has 2 unspecified atom stereocenters. The molecule has 1 N–H and O–H groups in total. The predicted octanol–water partition coefficient (Wildman–Crippen LogP) is 4.82. The van der Waals surface area contributed by atoms with Crippen LogP contribution in [-0.2, 0) is 4.74 Å². The fourth-order valence-electron chi connectivity index (χ4n) is 2.77. The van der Waals surface area contributed by atoms with Crippen LogP contribution in [0.3, 0.4) is 0 Å². The first-order valence-corrected chi connectivity index (χ1v) is 9.76. The molecule has 1 aromatic rings. The molecule has 0 spiro atoms. The van der Waals surface area contributed by atoms with Gasteiger partial charge >= 0.3 is 6.09 Å². The number of benzene rings is 1. The Hall–Kier alpha value is -1.89. The van der Waals surface area contributed by atoms with Crippen LogP contribution in [0.5, 0.6) is 0 Å². The topological polar surface area (TPSA) is 53.9 Å². The van der Waals surface area contributed by atoms with Gasteiger partial charge in [0.2, 0.25) is 0 Å². The maximum Gasteiger partial charge on any atom is 0.410 e. The van der Waals surface area contributed by atoms with Gasteiger partial charge in [-0.1, -0.05) is 22.9 Å². The van der Waals surface area contributed by atoms with Gasteiger partial charge in [0.05, 0.1) is 5.70 Å². The van der Waals surface area contributed by atoms with Gasteiger partial charge in [-0.05, 0) is 58.0 Å². The maximum atomic E-state index is 14.3. The van der Waals surface area contributed by atoms with E-state index in [1.54, 1.807) is 17.0 Å². The van der Waals surface area contributed by atoms with Crippen LogP contribution in [0.2, 0.25) is 0 Å². The highest BCUT2D eigenvalue weighted by molar-refractivity contribution is 9.10. The van der Waals surface area contributed by atoms with E-state index in [9.17, 15) is 9.18 Å². The van der Waals surface area contributed by atoms with Crippen molar-refractivity contribution in [3.8, 4) is 0 Å². The zero-order chi connectivity index (χ0) is 20.2. The van der Waals surface area contributed by atoms with Crippen molar-refractivity contribution in [3.05, 3.63) is 40.3 Å². The molecule has 27 heavy (non-hydrogen) atoms. The second kappa shape index (κ2) is 8.87. The summed E-state index contributed by atoms with van der Waals surface area (Å²) < 4.78 is 20.4. The van der Waals surface area contributed by atoms with E-state index in [-0.39, 0.29) is 18.0 Å². The molecule has 1 aromatic carbocycles. The van der Waals surface area contributed by atoms with Crippen molar-refractivity contribution in [3.63, 3.8) is 0 Å². The molecule has 1 aliphatic carbocycles. The molecular formula is C20H27BrFN3O2. The molecule has 148 valence electrons. The van der Waals surface area contributed by atoms with Gasteiger partial charge < -0.3 is 15.0 Å². The average molecular weight is 440 g/mol. The number of carbonyl (C=O) groups excluding carboxylic acids is 1. The van der Waals surface area contributed by atoms with Gasteiger partial charge in [-0.25, -0.2) is 9.18 Å². The summed E-state index contributed by atoms with van der Waals surface area (Å²) in [6.07, 6.45) is 2.13. The van der Waals surface area contributed by atoms with E-state index in [0.29, 0.717) is 34.7 Å². The molecule has 0 heterocycles. The van der Waals surface area contributed by atoms with Crippen molar-refractivity contribution < 1.29 is 13.9 Å². The molecule has 1 fully saturated rings. The molecule has 0 radical (unpaired) electrons. The van der Waals surface area contributed by atoms with Gasteiger partial charge in [0, 0.05) is 35.4 Å². The molecule has 0 aliphatic heterocycles. The second-order valence-electron chi connectivity index (χ2n) is 7.73. The molecule has 0 aromatic heterocycles. The lowest BCUT2D eigenvalue weighted by atomic mass is 10.1. The van der Waals surface area contributed by atoms with Gasteiger partial charge in [-0.15, -0.1) is 0 Å². The van der Waals surface area contributed by atoms with E-state index in [4.69, 9.17) is 4.74 Å². The lowest BCUT2D eigenvalue weighted by molar-refractivity contribution is 0.0229. The summed E-state index contributed by atoms with van der Waals surface area (Å²) in [4.78, 5) is 18.0. The first-order chi connectivity index (χ1) is 12.6. The fourth-order valence-corrected chi connectivity index (χ4v) is 3.10. The minimum absolute atomic E-state index is 0.191. The summed E-state index contributed by atoms with van der Waals surface area (Å²) in [7, 11) is 0. The average Bonchev–Trinajstić information content (AvgIpc) is 3.25. The van der Waals surface area contributed by atoms with E-state index in [0.717, 1.165) is 6.42 Å². The van der Waals surface area contributed by atoms with Crippen molar-refractivity contribution in [2.24, 2.45) is 10.9 Å². The summed E-state index contributed by atoms with van der Waals surface area (Å²) in [5, 5.41) is 3.17. The van der Waals surface area contributed by atoms with E-state index in [2.05, 4.69) is 39.9 Å². The molecule has 2 rings (SSSR count). The first kappa shape index (κ1) is 21.4. The summed E-state index contributed by atoms with van der Waals surface area (Å²) in [6, 6.07) is 5.01. The van der Waals surface area contributed by atoms with Crippen LogP contribution >= 0.6 is 15.9 Å². The lowest BCUT2D eigenvalue weighted by Gasteiger charge is -2.28. The molecule has 0 bridgehead atoms. The quantitative estimate of drug-likeness (QED) is 0.619. The highest BCUT2D eigenvalue weighted by atomic mass is 79.9. The number of nitrogens with zero attached hydrogens (tertiary/aromatic N) is 2. The van der Waals surface area contributed by atoms with Crippen LogP contribution in [0.1, 0.15) is 39.7 Å². The largest absolute Gasteiger partial charge is 0.444 e. The fraction of sp³-hybridized carbons (Fsp3) is 0.500. The summed E-state index contributed by atoms with van der Waals surface area (Å²) in [5.74, 6) is 0.0953. The van der Waals surface area contributed by atoms with Crippen molar-refractivity contribution in [2.45, 2.75) is 45.8 Å². The third-order valence-electron chi connectivity index (χ3n) is 4.21. The molecule has 0 saturated heterocycles. The minimum atomic E-state index is -0.542. The van der Waals surface area contributed by atoms with Gasteiger partial charge in [-0.2, -0.15) is 0 Å². The highest BCUT2D eigenvalue weighted by Gasteiger charge is 2.41. The predicted molar refractivity (Wildman–Crippen MR) is 110 cm³/mol. The van der Waals surface area contributed by atoms with E-state index >= 15 is 0 Å². The zero-order valence-electron chi connectivity index (χ0n) is 16.3. The number of hydrogen-bond acceptors (Lipinski definition) is 4. The Balaban J connectivity index is 2.04. The van der Waals surface area contributed by atoms with E-state index < -0.39 is 5.60 Å². The summed E-state index contributed by atoms with van der Waals surface area (Å²) >= 11 is 3.25. The second-order valence-corrected chi connectivity index (χ2v) is 8.65. The van der Waals surface area contributed by atoms with E-state index in [1.807, 2.05) is 20.8 Å². The molecule has 7 heteroatoms. The summed E-state index contributed by atoms with van der Waals surface area (Å²) in [5.41, 5.74) is 0.372. The normalized spacial score (nSPS) is 19.4. The molecule has 1 amide bonds. The Labute approximate surface area is 168 Å². The molecular weight excluding hydrogens is 413 g/mol. The third kappa shape index (κ3) is 6.34. The summed E-state index contributed by atoms with van der Waals surface area (Å²) in [6.45, 7) is 12.0. The molecule has 5 nitrogen and oxygen atoms in total. The molecule has 2 atom stereocenters. The van der Waals surface area contributed by atoms with Crippen LogP contribution in [0.4, 0.5) is 9.18 Å². The third-order valence-corrected chi connectivity index (χ3v) is 4.70. The minimum Gasteiger partial charge on any atom is -0.444 e. The monoisotopic (exact) mass is 439 g/mol. The molecule has 1 aliphatic rings. The standard InChI is InChI=1S/C20H27BrFN3O2/c1-13-10-18(13)25(19(26)27-20(2,3)4)9-8-24-17(12-23-5)15-7-6-14(21)11-16(15)22/h6-7,11-13,18,24H,5,8-10H2,1-4H3/b17-12-. The maximum absolute atomic E-state index is 14.3. The van der Waals surface area contributed by atoms with Gasteiger partial charge in [0.1, 0.15) is 11.4 Å². The van der Waals surface area contributed by atoms with Gasteiger partial charge in [-0.3, -0.25) is 4.99 Å². The highest BCUT2D eigenvalue weighted by Crippen LogP contribution is 2.35. The van der Waals surface area contributed by atoms with Gasteiger partial charge in [0.25, 0.3) is 0 Å². The van der Waals surface area contributed by atoms with Crippen molar-refractivity contribution in [1.29, 1.82) is 0 Å². The van der Waals surface area contributed by atoms with Crippen LogP contribution in [-0.4, -0.2) is 42.4 Å². The Bertz CT molecular complexity index is 730. The number of halogens is 2.